The lowest BCUT2D eigenvalue weighted by Gasteiger charge is -2.22. The van der Waals surface area contributed by atoms with Crippen LogP contribution in [0.15, 0.2) is 6.07 Å². The lowest BCUT2D eigenvalue weighted by molar-refractivity contribution is 0.0208. The lowest BCUT2D eigenvalue weighted by Crippen LogP contribution is -2.20. The summed E-state index contributed by atoms with van der Waals surface area (Å²) in [5.74, 6) is 0. The first-order chi connectivity index (χ1) is 7.90. The maximum Gasteiger partial charge on any atom is 0.106 e. The Balaban J connectivity index is 3.26. The average molecular weight is 233 g/mol. The predicted molar refractivity (Wildman–Crippen MR) is 66.6 cm³/mol. The fourth-order valence-electron chi connectivity index (χ4n) is 2.09. The van der Waals surface area contributed by atoms with E-state index in [9.17, 15) is 10.2 Å². The van der Waals surface area contributed by atoms with Gasteiger partial charge in [-0.05, 0) is 55.5 Å². The van der Waals surface area contributed by atoms with Gasteiger partial charge < -0.3 is 10.2 Å². The Kier molecular flexibility index (Phi) is 4.28. The summed E-state index contributed by atoms with van der Waals surface area (Å²) in [4.78, 5) is 0. The van der Waals surface area contributed by atoms with E-state index in [1.54, 1.807) is 0 Å². The molecular formula is C14H19NO2. The summed E-state index contributed by atoms with van der Waals surface area (Å²) < 4.78 is 0. The maximum absolute atomic E-state index is 10.1. The zero-order chi connectivity index (χ0) is 13.2. The third-order valence-corrected chi connectivity index (χ3v) is 3.38. The van der Waals surface area contributed by atoms with Gasteiger partial charge in [0.25, 0.3) is 0 Å². The highest BCUT2D eigenvalue weighted by Gasteiger charge is 2.23. The Morgan fingerprint density at radius 1 is 1.12 bits per heavy atom. The number of aryl methyl sites for hydroxylation is 2. The van der Waals surface area contributed by atoms with Crippen LogP contribution < -0.4 is 0 Å². The van der Waals surface area contributed by atoms with Crippen LogP contribution in [0.3, 0.4) is 0 Å². The van der Waals surface area contributed by atoms with Crippen molar-refractivity contribution in [2.45, 2.75) is 46.3 Å². The monoisotopic (exact) mass is 233 g/mol. The van der Waals surface area contributed by atoms with Gasteiger partial charge in [-0.1, -0.05) is 6.07 Å². The minimum atomic E-state index is -1.03. The molecule has 0 radical (unpaired) electrons. The highest BCUT2D eigenvalue weighted by molar-refractivity contribution is 5.45. The highest BCUT2D eigenvalue weighted by Crippen LogP contribution is 2.29. The third-order valence-electron chi connectivity index (χ3n) is 3.38. The lowest BCUT2D eigenvalue weighted by atomic mass is 9.88. The van der Waals surface area contributed by atoms with Crippen molar-refractivity contribution in [2.24, 2.45) is 0 Å². The molecule has 0 saturated carbocycles. The van der Waals surface area contributed by atoms with Crippen LogP contribution >= 0.6 is 0 Å². The second-order valence-electron chi connectivity index (χ2n) is 4.55. The van der Waals surface area contributed by atoms with Crippen molar-refractivity contribution in [1.29, 1.82) is 5.26 Å². The molecule has 0 saturated heterocycles. The van der Waals surface area contributed by atoms with Gasteiger partial charge in [0.1, 0.15) is 6.10 Å². The van der Waals surface area contributed by atoms with Crippen LogP contribution in [-0.2, 0) is 0 Å². The Hall–Kier alpha value is -1.37. The normalized spacial score (nSPS) is 14.2. The number of hydrogen-bond donors (Lipinski definition) is 2. The molecule has 17 heavy (non-hydrogen) atoms. The van der Waals surface area contributed by atoms with Crippen molar-refractivity contribution in [3.8, 4) is 6.07 Å². The van der Waals surface area contributed by atoms with Crippen molar-refractivity contribution in [2.75, 3.05) is 0 Å². The fourth-order valence-corrected chi connectivity index (χ4v) is 2.09. The molecule has 0 bridgehead atoms. The van der Waals surface area contributed by atoms with Crippen LogP contribution in [-0.4, -0.2) is 16.3 Å². The summed E-state index contributed by atoms with van der Waals surface area (Å²) in [6.07, 6.45) is -2.08. The first-order valence-electron chi connectivity index (χ1n) is 5.70. The van der Waals surface area contributed by atoms with Gasteiger partial charge in [-0.2, -0.15) is 5.26 Å². The summed E-state index contributed by atoms with van der Waals surface area (Å²) in [5, 5.41) is 28.4. The van der Waals surface area contributed by atoms with Crippen LogP contribution in [0.4, 0.5) is 0 Å². The highest BCUT2D eigenvalue weighted by atomic mass is 16.3. The Morgan fingerprint density at radius 3 is 2.00 bits per heavy atom. The molecule has 92 valence electrons. The first-order valence-corrected chi connectivity index (χ1v) is 5.70. The largest absolute Gasteiger partial charge is 0.389 e. The zero-order valence-electron chi connectivity index (χ0n) is 10.8. The van der Waals surface area contributed by atoms with Crippen LogP contribution in [0.2, 0.25) is 0 Å². The second kappa shape index (κ2) is 5.31. The Labute approximate surface area is 102 Å². The molecule has 0 aromatic heterocycles. The predicted octanol–water partition coefficient (Wildman–Crippen LogP) is 2.23. The van der Waals surface area contributed by atoms with Crippen molar-refractivity contribution >= 4 is 0 Å². The minimum Gasteiger partial charge on any atom is -0.389 e. The van der Waals surface area contributed by atoms with Gasteiger partial charge in [-0.3, -0.25) is 0 Å². The molecule has 1 rings (SSSR count). The van der Waals surface area contributed by atoms with Crippen molar-refractivity contribution in [1.82, 2.24) is 0 Å². The summed E-state index contributed by atoms with van der Waals surface area (Å²) in [6, 6.07) is 3.94. The van der Waals surface area contributed by atoms with Crippen LogP contribution in [0, 0.1) is 39.0 Å². The number of nitriles is 1. The molecule has 1 aromatic rings. The average Bonchev–Trinajstić information content (AvgIpc) is 2.27. The number of aliphatic hydroxyl groups excluding tert-OH is 2. The standard InChI is InChI=1S/C14H19NO2/c1-8-7-9(2)11(4)13(10(8)3)14(17)12(16)5-6-15/h7,12,14,16-17H,5H2,1-4H3. The van der Waals surface area contributed by atoms with Crippen LogP contribution in [0.25, 0.3) is 0 Å². The minimum absolute atomic E-state index is 0.0625. The molecule has 3 heteroatoms. The molecule has 0 amide bonds. The van der Waals surface area contributed by atoms with E-state index in [0.29, 0.717) is 0 Å². The molecule has 2 N–H and O–H groups in total. The Morgan fingerprint density at radius 2 is 1.59 bits per heavy atom. The van der Waals surface area contributed by atoms with Gasteiger partial charge in [0.2, 0.25) is 0 Å². The number of aliphatic hydroxyl groups is 2. The molecular weight excluding hydrogens is 214 g/mol. The number of rotatable bonds is 3. The fraction of sp³-hybridized carbons (Fsp3) is 0.500. The van der Waals surface area contributed by atoms with Gasteiger partial charge in [0.15, 0.2) is 0 Å². The number of nitrogens with zero attached hydrogens (tertiary/aromatic N) is 1. The molecule has 0 heterocycles. The summed E-state index contributed by atoms with van der Waals surface area (Å²) in [7, 11) is 0. The first kappa shape index (κ1) is 13.7. The number of benzene rings is 1. The van der Waals surface area contributed by atoms with Crippen LogP contribution in [0.5, 0.6) is 0 Å². The summed E-state index contributed by atoms with van der Waals surface area (Å²) in [6.45, 7) is 7.82. The van der Waals surface area contributed by atoms with E-state index in [1.165, 1.54) is 0 Å². The molecule has 0 aliphatic rings. The van der Waals surface area contributed by atoms with Gasteiger partial charge in [0.05, 0.1) is 18.6 Å². The SMILES string of the molecule is Cc1cc(C)c(C)c(C(O)C(O)CC#N)c1C. The van der Waals surface area contributed by atoms with Crippen molar-refractivity contribution < 1.29 is 10.2 Å². The number of hydrogen-bond acceptors (Lipinski definition) is 3. The smallest absolute Gasteiger partial charge is 0.106 e. The van der Waals surface area contributed by atoms with Crippen molar-refractivity contribution in [3.05, 3.63) is 33.9 Å². The van der Waals surface area contributed by atoms with E-state index in [1.807, 2.05) is 33.8 Å². The van der Waals surface area contributed by atoms with Gasteiger partial charge >= 0.3 is 0 Å². The molecule has 3 nitrogen and oxygen atoms in total. The van der Waals surface area contributed by atoms with Gasteiger partial charge in [-0.15, -0.1) is 0 Å². The second-order valence-corrected chi connectivity index (χ2v) is 4.55. The van der Waals surface area contributed by atoms with Gasteiger partial charge in [0, 0.05) is 0 Å². The van der Waals surface area contributed by atoms with E-state index in [4.69, 9.17) is 5.26 Å². The molecule has 2 unspecified atom stereocenters. The summed E-state index contributed by atoms with van der Waals surface area (Å²) >= 11 is 0. The summed E-state index contributed by atoms with van der Waals surface area (Å²) in [5.41, 5.74) is 4.90. The quantitative estimate of drug-likeness (QED) is 0.841. The van der Waals surface area contributed by atoms with E-state index in [0.717, 1.165) is 27.8 Å². The maximum atomic E-state index is 10.1. The van der Waals surface area contributed by atoms with Gasteiger partial charge in [-0.25, -0.2) is 0 Å². The van der Waals surface area contributed by atoms with E-state index < -0.39 is 12.2 Å². The van der Waals surface area contributed by atoms with Crippen LogP contribution in [0.1, 0.15) is 40.3 Å². The molecule has 0 spiro atoms. The van der Waals surface area contributed by atoms with E-state index >= 15 is 0 Å². The van der Waals surface area contributed by atoms with E-state index in [-0.39, 0.29) is 6.42 Å². The molecule has 0 aliphatic heterocycles. The zero-order valence-corrected chi connectivity index (χ0v) is 10.8. The molecule has 1 aromatic carbocycles. The third kappa shape index (κ3) is 2.66. The molecule has 0 fully saturated rings. The van der Waals surface area contributed by atoms with Crippen molar-refractivity contribution in [3.63, 3.8) is 0 Å². The molecule has 2 atom stereocenters. The van der Waals surface area contributed by atoms with E-state index in [2.05, 4.69) is 6.07 Å². The molecule has 0 aliphatic carbocycles. The topological polar surface area (TPSA) is 64.2 Å². The Bertz CT molecular complexity index is 434.